The molecular formula is C14H14N4O2S. The molecule has 0 spiro atoms. The van der Waals surface area contributed by atoms with Crippen LogP contribution in [0.1, 0.15) is 21.1 Å². The van der Waals surface area contributed by atoms with E-state index < -0.39 is 0 Å². The fourth-order valence-electron chi connectivity index (χ4n) is 2.01. The molecule has 108 valence electrons. The number of carbonyl (C=O) groups excluding carboxylic acids is 1. The van der Waals surface area contributed by atoms with Gasteiger partial charge in [-0.1, -0.05) is 6.07 Å². The van der Waals surface area contributed by atoms with Crippen LogP contribution in [0, 0.1) is 0 Å². The number of thiophene rings is 1. The third kappa shape index (κ3) is 2.97. The smallest absolute Gasteiger partial charge is 0.274 e. The summed E-state index contributed by atoms with van der Waals surface area (Å²) in [4.78, 5) is 15.4. The average molecular weight is 302 g/mol. The van der Waals surface area contributed by atoms with E-state index in [1.54, 1.807) is 28.6 Å². The molecule has 1 amide bonds. The standard InChI is InChI=1S/C14H14N4O2S/c15-12-7-16-17-13(12)14(19)18(8-10-3-1-5-20-10)9-11-4-2-6-21-11/h1-7H,8-9,15H2,(H,16,17). The number of nitrogens with two attached hydrogens (primary N) is 1. The second kappa shape index (κ2) is 5.84. The van der Waals surface area contributed by atoms with Crippen molar-refractivity contribution in [2.24, 2.45) is 0 Å². The van der Waals surface area contributed by atoms with Gasteiger partial charge in [-0.2, -0.15) is 5.10 Å². The summed E-state index contributed by atoms with van der Waals surface area (Å²) in [6, 6.07) is 7.59. The number of nitrogens with one attached hydrogen (secondary N) is 1. The molecule has 3 heterocycles. The molecule has 0 saturated carbocycles. The Kier molecular flexibility index (Phi) is 3.74. The number of nitrogens with zero attached hydrogens (tertiary/aromatic N) is 2. The molecule has 0 saturated heterocycles. The lowest BCUT2D eigenvalue weighted by Gasteiger charge is -2.20. The Morgan fingerprint density at radius 3 is 2.90 bits per heavy atom. The van der Waals surface area contributed by atoms with Gasteiger partial charge in [0, 0.05) is 4.88 Å². The maximum atomic E-state index is 12.6. The monoisotopic (exact) mass is 302 g/mol. The zero-order chi connectivity index (χ0) is 14.7. The first-order valence-electron chi connectivity index (χ1n) is 6.37. The molecule has 0 radical (unpaired) electrons. The number of amides is 1. The number of anilines is 1. The first-order valence-corrected chi connectivity index (χ1v) is 7.25. The molecule has 3 N–H and O–H groups in total. The fourth-order valence-corrected chi connectivity index (χ4v) is 2.73. The molecule has 6 nitrogen and oxygen atoms in total. The number of hydrogen-bond acceptors (Lipinski definition) is 5. The lowest BCUT2D eigenvalue weighted by atomic mass is 10.3. The minimum Gasteiger partial charge on any atom is -0.467 e. The zero-order valence-corrected chi connectivity index (χ0v) is 12.0. The Bertz CT molecular complexity index is 667. The van der Waals surface area contributed by atoms with E-state index in [2.05, 4.69) is 10.2 Å². The number of H-pyrrole nitrogens is 1. The highest BCUT2D eigenvalue weighted by Crippen LogP contribution is 2.18. The van der Waals surface area contributed by atoms with Crippen LogP contribution in [0.2, 0.25) is 0 Å². The van der Waals surface area contributed by atoms with Crippen molar-refractivity contribution in [3.8, 4) is 0 Å². The van der Waals surface area contributed by atoms with Gasteiger partial charge < -0.3 is 15.1 Å². The molecule has 0 atom stereocenters. The van der Waals surface area contributed by atoms with E-state index >= 15 is 0 Å². The number of nitrogen functional groups attached to an aromatic ring is 1. The van der Waals surface area contributed by atoms with E-state index in [1.165, 1.54) is 6.20 Å². The van der Waals surface area contributed by atoms with Crippen LogP contribution in [0.15, 0.2) is 46.5 Å². The summed E-state index contributed by atoms with van der Waals surface area (Å²) >= 11 is 1.60. The molecule has 3 rings (SSSR count). The van der Waals surface area contributed by atoms with E-state index in [0.29, 0.717) is 24.5 Å². The van der Waals surface area contributed by atoms with E-state index in [0.717, 1.165) is 10.6 Å². The molecule has 0 aliphatic rings. The van der Waals surface area contributed by atoms with Crippen LogP contribution in [0.5, 0.6) is 0 Å². The number of aromatic amines is 1. The minimum absolute atomic E-state index is 0.199. The van der Waals surface area contributed by atoms with Gasteiger partial charge >= 0.3 is 0 Å². The summed E-state index contributed by atoms with van der Waals surface area (Å²) in [5, 5.41) is 8.43. The SMILES string of the molecule is Nc1cn[nH]c1C(=O)N(Cc1ccco1)Cc1cccs1. The largest absolute Gasteiger partial charge is 0.467 e. The van der Waals surface area contributed by atoms with Crippen LogP contribution in [-0.2, 0) is 13.1 Å². The van der Waals surface area contributed by atoms with Gasteiger partial charge in [0.25, 0.3) is 5.91 Å². The molecule has 0 aromatic carbocycles. The maximum absolute atomic E-state index is 12.6. The van der Waals surface area contributed by atoms with Gasteiger partial charge in [0.05, 0.1) is 31.2 Å². The molecule has 7 heteroatoms. The van der Waals surface area contributed by atoms with Gasteiger partial charge in [0.15, 0.2) is 0 Å². The van der Waals surface area contributed by atoms with Crippen LogP contribution in [-0.4, -0.2) is 21.0 Å². The first-order chi connectivity index (χ1) is 10.2. The van der Waals surface area contributed by atoms with E-state index in [9.17, 15) is 4.79 Å². The highest BCUT2D eigenvalue weighted by Gasteiger charge is 2.21. The predicted octanol–water partition coefficient (Wildman–Crippen LogP) is 2.49. The van der Waals surface area contributed by atoms with E-state index in [4.69, 9.17) is 10.2 Å². The summed E-state index contributed by atoms with van der Waals surface area (Å²) in [7, 11) is 0. The fraction of sp³-hybridized carbons (Fsp3) is 0.143. The van der Waals surface area contributed by atoms with Gasteiger partial charge in [-0.3, -0.25) is 9.89 Å². The Labute approximate surface area is 125 Å². The van der Waals surface area contributed by atoms with Crippen LogP contribution < -0.4 is 5.73 Å². The van der Waals surface area contributed by atoms with Crippen molar-refractivity contribution < 1.29 is 9.21 Å². The second-order valence-corrected chi connectivity index (χ2v) is 5.55. The molecule has 0 unspecified atom stereocenters. The van der Waals surface area contributed by atoms with Crippen molar-refractivity contribution in [3.05, 3.63) is 58.4 Å². The van der Waals surface area contributed by atoms with Crippen molar-refractivity contribution in [2.75, 3.05) is 5.73 Å². The maximum Gasteiger partial charge on any atom is 0.274 e. The molecule has 0 fully saturated rings. The van der Waals surface area contributed by atoms with Crippen molar-refractivity contribution in [2.45, 2.75) is 13.1 Å². The lowest BCUT2D eigenvalue weighted by Crippen LogP contribution is -2.30. The molecule has 3 aromatic heterocycles. The lowest BCUT2D eigenvalue weighted by molar-refractivity contribution is 0.0714. The van der Waals surface area contributed by atoms with Gasteiger partial charge in [0.1, 0.15) is 11.5 Å². The number of furan rings is 1. The molecule has 0 aliphatic heterocycles. The quantitative estimate of drug-likeness (QED) is 0.758. The minimum atomic E-state index is -0.199. The number of hydrogen-bond donors (Lipinski definition) is 2. The number of carbonyl (C=O) groups is 1. The van der Waals surface area contributed by atoms with Crippen molar-refractivity contribution in [1.82, 2.24) is 15.1 Å². The summed E-state index contributed by atoms with van der Waals surface area (Å²) in [5.41, 5.74) is 6.41. The Morgan fingerprint density at radius 1 is 1.38 bits per heavy atom. The molecule has 3 aromatic rings. The Morgan fingerprint density at radius 2 is 2.29 bits per heavy atom. The first kappa shape index (κ1) is 13.4. The van der Waals surface area contributed by atoms with Crippen LogP contribution in [0.4, 0.5) is 5.69 Å². The van der Waals surface area contributed by atoms with Crippen LogP contribution in [0.25, 0.3) is 0 Å². The second-order valence-electron chi connectivity index (χ2n) is 4.52. The average Bonchev–Trinajstić information content (AvgIpc) is 3.19. The van der Waals surface area contributed by atoms with Gasteiger partial charge in [-0.25, -0.2) is 0 Å². The van der Waals surface area contributed by atoms with Crippen molar-refractivity contribution >= 4 is 22.9 Å². The summed E-state index contributed by atoms with van der Waals surface area (Å²) in [5.74, 6) is 0.521. The molecule has 0 aliphatic carbocycles. The molecular weight excluding hydrogens is 288 g/mol. The van der Waals surface area contributed by atoms with Crippen molar-refractivity contribution in [1.29, 1.82) is 0 Å². The number of rotatable bonds is 5. The summed E-state index contributed by atoms with van der Waals surface area (Å²) < 4.78 is 5.33. The number of aromatic nitrogens is 2. The third-order valence-electron chi connectivity index (χ3n) is 3.02. The van der Waals surface area contributed by atoms with Crippen molar-refractivity contribution in [3.63, 3.8) is 0 Å². The van der Waals surface area contributed by atoms with Gasteiger partial charge in [-0.15, -0.1) is 11.3 Å². The van der Waals surface area contributed by atoms with Gasteiger partial charge in [0.2, 0.25) is 0 Å². The predicted molar refractivity (Wildman–Crippen MR) is 79.6 cm³/mol. The highest BCUT2D eigenvalue weighted by atomic mass is 32.1. The highest BCUT2D eigenvalue weighted by molar-refractivity contribution is 7.09. The molecule has 21 heavy (non-hydrogen) atoms. The Hall–Kier alpha value is -2.54. The Balaban J connectivity index is 1.84. The van der Waals surface area contributed by atoms with Crippen LogP contribution >= 0.6 is 11.3 Å². The van der Waals surface area contributed by atoms with Crippen LogP contribution in [0.3, 0.4) is 0 Å². The van der Waals surface area contributed by atoms with Gasteiger partial charge in [-0.05, 0) is 23.6 Å². The topological polar surface area (TPSA) is 88.1 Å². The normalized spacial score (nSPS) is 10.7. The summed E-state index contributed by atoms with van der Waals surface area (Å²) in [6.45, 7) is 0.873. The molecule has 0 bridgehead atoms. The van der Waals surface area contributed by atoms with E-state index in [1.807, 2.05) is 23.6 Å². The van der Waals surface area contributed by atoms with E-state index in [-0.39, 0.29) is 5.91 Å². The third-order valence-corrected chi connectivity index (χ3v) is 3.88. The zero-order valence-electron chi connectivity index (χ0n) is 11.2. The summed E-state index contributed by atoms with van der Waals surface area (Å²) in [6.07, 6.45) is 3.02.